The maximum atomic E-state index is 11.2. The molecule has 0 fully saturated rings. The molecule has 7 heavy (non-hydrogen) atoms. The molecule has 0 aliphatic rings. The summed E-state index contributed by atoms with van der Waals surface area (Å²) >= 11 is 2.57. The van der Waals surface area contributed by atoms with E-state index in [1.165, 1.54) is 0 Å². The number of rotatable bonds is 2. The van der Waals surface area contributed by atoms with Crippen molar-refractivity contribution in [3.63, 3.8) is 0 Å². The second-order valence-electron chi connectivity index (χ2n) is 0.960. The van der Waals surface area contributed by atoms with Crippen molar-refractivity contribution in [2.24, 2.45) is 0 Å². The summed E-state index contributed by atoms with van der Waals surface area (Å²) in [5.74, 6) is -1.16. The molecule has 1 N–H and O–H groups in total. The Balaban J connectivity index is 3.34. The van der Waals surface area contributed by atoms with Crippen LogP contribution in [0.2, 0.25) is 0 Å². The predicted octanol–water partition coefficient (Wildman–Crippen LogP) is 0.804. The van der Waals surface area contributed by atoms with Crippen LogP contribution in [-0.4, -0.2) is 22.6 Å². The van der Waals surface area contributed by atoms with E-state index in [2.05, 4.69) is 15.9 Å². The summed E-state index contributed by atoms with van der Waals surface area (Å²) < 4.78 is 11.2. The van der Waals surface area contributed by atoms with E-state index in [0.29, 0.717) is 0 Å². The van der Waals surface area contributed by atoms with Crippen molar-refractivity contribution < 1.29 is 14.3 Å². The molecule has 0 aromatic heterocycles. The van der Waals surface area contributed by atoms with Gasteiger partial charge in [-0.1, -0.05) is 15.9 Å². The number of hydrogen-bond acceptors (Lipinski definition) is 1. The van der Waals surface area contributed by atoms with Gasteiger partial charge in [0.2, 0.25) is 0 Å². The molecule has 0 saturated carbocycles. The van der Waals surface area contributed by atoms with Gasteiger partial charge in [0, 0.05) is 0 Å². The Kier molecular flexibility index (Phi) is 2.91. The summed E-state index contributed by atoms with van der Waals surface area (Å²) in [6, 6.07) is 0. The Morgan fingerprint density at radius 3 is 2.43 bits per heavy atom. The van der Waals surface area contributed by atoms with Crippen LogP contribution >= 0.6 is 15.9 Å². The van der Waals surface area contributed by atoms with Gasteiger partial charge in [-0.15, -0.1) is 0 Å². The SMILES string of the molecule is O=C(O)[C@@H](Br)CF. The Labute approximate surface area is 48.5 Å². The van der Waals surface area contributed by atoms with Crippen LogP contribution < -0.4 is 0 Å². The normalized spacial score (nSPS) is 13.4. The largest absolute Gasteiger partial charge is 0.480 e. The summed E-state index contributed by atoms with van der Waals surface area (Å²) in [5, 5.41) is 7.90. The Morgan fingerprint density at radius 2 is 2.43 bits per heavy atom. The molecule has 0 radical (unpaired) electrons. The zero-order chi connectivity index (χ0) is 5.86. The maximum Gasteiger partial charge on any atom is 0.319 e. The Hall–Kier alpha value is -0.120. The number of halogens is 2. The van der Waals surface area contributed by atoms with Gasteiger partial charge in [-0.3, -0.25) is 4.79 Å². The first-order valence-corrected chi connectivity index (χ1v) is 2.53. The molecule has 42 valence electrons. The molecule has 0 unspecified atom stereocenters. The van der Waals surface area contributed by atoms with E-state index < -0.39 is 17.5 Å². The maximum absolute atomic E-state index is 11.2. The van der Waals surface area contributed by atoms with E-state index >= 15 is 0 Å². The van der Waals surface area contributed by atoms with Crippen LogP contribution in [0.3, 0.4) is 0 Å². The van der Waals surface area contributed by atoms with Gasteiger partial charge >= 0.3 is 5.97 Å². The number of carbonyl (C=O) groups is 1. The van der Waals surface area contributed by atoms with E-state index in [-0.39, 0.29) is 0 Å². The van der Waals surface area contributed by atoms with Crippen molar-refractivity contribution in [1.29, 1.82) is 0 Å². The fourth-order valence-electron chi connectivity index (χ4n) is 0.0660. The van der Waals surface area contributed by atoms with Gasteiger partial charge in [0.15, 0.2) is 0 Å². The minimum atomic E-state index is -1.16. The second kappa shape index (κ2) is 2.96. The number of carboxylic acids is 1. The first-order valence-electron chi connectivity index (χ1n) is 1.61. The third-order valence-electron chi connectivity index (χ3n) is 0.403. The molecule has 0 amide bonds. The van der Waals surface area contributed by atoms with Crippen LogP contribution in [0.1, 0.15) is 0 Å². The molecule has 0 aromatic carbocycles. The molecule has 0 rings (SSSR count). The highest BCUT2D eigenvalue weighted by atomic mass is 79.9. The second-order valence-corrected chi connectivity index (χ2v) is 2.07. The highest BCUT2D eigenvalue weighted by Crippen LogP contribution is 1.97. The molecule has 0 heterocycles. The molecule has 2 nitrogen and oxygen atoms in total. The van der Waals surface area contributed by atoms with Gasteiger partial charge < -0.3 is 5.11 Å². The number of carboxylic acid groups (broad SMARTS) is 1. The van der Waals surface area contributed by atoms with Crippen molar-refractivity contribution in [1.82, 2.24) is 0 Å². The third kappa shape index (κ3) is 2.56. The summed E-state index contributed by atoms with van der Waals surface area (Å²) in [6.45, 7) is -0.866. The highest BCUT2D eigenvalue weighted by molar-refractivity contribution is 9.10. The lowest BCUT2D eigenvalue weighted by Crippen LogP contribution is -2.13. The molecule has 4 heteroatoms. The summed E-state index contributed by atoms with van der Waals surface area (Å²) in [6.07, 6.45) is 0. The third-order valence-corrected chi connectivity index (χ3v) is 1.04. The van der Waals surface area contributed by atoms with Crippen molar-refractivity contribution in [3.05, 3.63) is 0 Å². The number of hydrogen-bond donors (Lipinski definition) is 1. The minimum Gasteiger partial charge on any atom is -0.480 e. The van der Waals surface area contributed by atoms with E-state index in [4.69, 9.17) is 5.11 Å². The lowest BCUT2D eigenvalue weighted by Gasteiger charge is -1.91. The molecule has 0 aromatic rings. The zero-order valence-corrected chi connectivity index (χ0v) is 4.98. The van der Waals surface area contributed by atoms with Crippen LogP contribution in [0.4, 0.5) is 4.39 Å². The summed E-state index contributed by atoms with van der Waals surface area (Å²) in [5.41, 5.74) is 0. The van der Waals surface area contributed by atoms with E-state index in [1.807, 2.05) is 0 Å². The number of alkyl halides is 2. The van der Waals surface area contributed by atoms with Crippen molar-refractivity contribution in [3.8, 4) is 0 Å². The van der Waals surface area contributed by atoms with Gasteiger partial charge in [0.05, 0.1) is 0 Å². The Bertz CT molecular complexity index is 75.3. The highest BCUT2D eigenvalue weighted by Gasteiger charge is 2.10. The van der Waals surface area contributed by atoms with Crippen LogP contribution in [0, 0.1) is 0 Å². The average molecular weight is 171 g/mol. The van der Waals surface area contributed by atoms with Crippen molar-refractivity contribution in [2.45, 2.75) is 4.83 Å². The zero-order valence-electron chi connectivity index (χ0n) is 3.40. The molecule has 0 aliphatic heterocycles. The molecular weight excluding hydrogens is 167 g/mol. The summed E-state index contributed by atoms with van der Waals surface area (Å²) in [4.78, 5) is 8.61. The quantitative estimate of drug-likeness (QED) is 0.624. The van der Waals surface area contributed by atoms with E-state index in [0.717, 1.165) is 0 Å². The van der Waals surface area contributed by atoms with Gasteiger partial charge in [0.1, 0.15) is 11.5 Å². The van der Waals surface area contributed by atoms with E-state index in [9.17, 15) is 9.18 Å². The van der Waals surface area contributed by atoms with Gasteiger partial charge in [-0.2, -0.15) is 0 Å². The first-order chi connectivity index (χ1) is 3.18. The fourth-order valence-corrected chi connectivity index (χ4v) is 0.0660. The Morgan fingerprint density at radius 1 is 2.00 bits per heavy atom. The van der Waals surface area contributed by atoms with Crippen molar-refractivity contribution >= 4 is 21.9 Å². The van der Waals surface area contributed by atoms with Gasteiger partial charge in [-0.25, -0.2) is 4.39 Å². The molecule has 1 atom stereocenters. The lowest BCUT2D eigenvalue weighted by molar-refractivity contribution is -0.136. The lowest BCUT2D eigenvalue weighted by atomic mass is 10.5. The predicted molar refractivity (Wildman–Crippen MR) is 26.3 cm³/mol. The first kappa shape index (κ1) is 6.88. The van der Waals surface area contributed by atoms with E-state index in [1.54, 1.807) is 0 Å². The van der Waals surface area contributed by atoms with Crippen LogP contribution in [-0.2, 0) is 4.79 Å². The molecule has 0 saturated heterocycles. The minimum absolute atomic E-state index is 0.866. The number of aliphatic carboxylic acids is 1. The van der Waals surface area contributed by atoms with Crippen LogP contribution in [0.25, 0.3) is 0 Å². The molecule has 0 bridgehead atoms. The monoisotopic (exact) mass is 170 g/mol. The smallest absolute Gasteiger partial charge is 0.319 e. The van der Waals surface area contributed by atoms with Gasteiger partial charge in [0.25, 0.3) is 0 Å². The molecule has 0 spiro atoms. The topological polar surface area (TPSA) is 37.3 Å². The van der Waals surface area contributed by atoms with Gasteiger partial charge in [-0.05, 0) is 0 Å². The standard InChI is InChI=1S/C3H4BrFO2/c4-2(1-5)3(6)7/h2H,1H2,(H,6,7)/t2-/m0/s1. The van der Waals surface area contributed by atoms with Crippen molar-refractivity contribution in [2.75, 3.05) is 6.67 Å². The molecular formula is C3H4BrFO2. The fraction of sp³-hybridized carbons (Fsp3) is 0.667. The molecule has 0 aliphatic carbocycles. The van der Waals surface area contributed by atoms with Crippen LogP contribution in [0.15, 0.2) is 0 Å². The average Bonchev–Trinajstić information content (AvgIpc) is 1.65. The van der Waals surface area contributed by atoms with Crippen LogP contribution in [0.5, 0.6) is 0 Å². The summed E-state index contributed by atoms with van der Waals surface area (Å²) in [7, 11) is 0.